The van der Waals surface area contributed by atoms with Crippen LogP contribution in [0.3, 0.4) is 0 Å². The Morgan fingerprint density at radius 2 is 2.11 bits per heavy atom. The fourth-order valence-corrected chi connectivity index (χ4v) is 2.13. The van der Waals surface area contributed by atoms with Crippen molar-refractivity contribution in [3.8, 4) is 5.75 Å². The molecule has 0 aliphatic carbocycles. The van der Waals surface area contributed by atoms with E-state index in [0.29, 0.717) is 18.9 Å². The summed E-state index contributed by atoms with van der Waals surface area (Å²) in [5.41, 5.74) is 2.10. The van der Waals surface area contributed by atoms with Crippen LogP contribution < -0.4 is 4.74 Å². The lowest BCUT2D eigenvalue weighted by molar-refractivity contribution is 0.0924. The average Bonchev–Trinajstić information content (AvgIpc) is 2.74. The molecular formula is C16H22O2. The quantitative estimate of drug-likeness (QED) is 0.757. The number of hydrogen-bond donors (Lipinski definition) is 0. The van der Waals surface area contributed by atoms with E-state index in [9.17, 15) is 4.79 Å². The Hall–Kier alpha value is -1.31. The van der Waals surface area contributed by atoms with E-state index in [1.165, 1.54) is 5.56 Å². The summed E-state index contributed by atoms with van der Waals surface area (Å²) < 4.78 is 5.60. The highest BCUT2D eigenvalue weighted by atomic mass is 16.5. The van der Waals surface area contributed by atoms with Gasteiger partial charge in [0.2, 0.25) is 0 Å². The first-order valence-electron chi connectivity index (χ1n) is 6.67. The summed E-state index contributed by atoms with van der Waals surface area (Å²) in [5.74, 6) is 1.39. The molecule has 2 rings (SSSR count). The molecule has 1 aromatic carbocycles. The van der Waals surface area contributed by atoms with E-state index in [1.54, 1.807) is 0 Å². The standard InChI is InChI=1S/C16H22O2/c1-11(16(2,3)4)10-14(17)13-7-5-6-12-8-9-18-15(12)13/h5-7,11H,8-10H2,1-4H3. The molecule has 2 nitrogen and oxygen atoms in total. The van der Waals surface area contributed by atoms with Crippen molar-refractivity contribution in [2.75, 3.05) is 6.61 Å². The van der Waals surface area contributed by atoms with Crippen molar-refractivity contribution in [2.45, 2.75) is 40.5 Å². The second-order valence-electron chi connectivity index (χ2n) is 6.29. The Bertz CT molecular complexity index is 455. The molecule has 0 spiro atoms. The predicted octanol–water partition coefficient (Wildman–Crippen LogP) is 3.88. The normalized spacial score (nSPS) is 16.0. The zero-order valence-electron chi connectivity index (χ0n) is 11.7. The van der Waals surface area contributed by atoms with Crippen LogP contribution in [0.5, 0.6) is 5.75 Å². The van der Waals surface area contributed by atoms with Gasteiger partial charge in [0, 0.05) is 12.8 Å². The molecule has 0 bridgehead atoms. The highest BCUT2D eigenvalue weighted by Gasteiger charge is 2.26. The number of carbonyl (C=O) groups is 1. The van der Waals surface area contributed by atoms with Crippen LogP contribution in [0.25, 0.3) is 0 Å². The molecule has 0 saturated heterocycles. The number of ether oxygens (including phenoxy) is 1. The van der Waals surface area contributed by atoms with Gasteiger partial charge < -0.3 is 4.74 Å². The first kappa shape index (κ1) is 13.1. The maximum Gasteiger partial charge on any atom is 0.166 e. The third-order valence-electron chi connectivity index (χ3n) is 3.98. The minimum Gasteiger partial charge on any atom is -0.492 e. The molecule has 18 heavy (non-hydrogen) atoms. The molecule has 1 aliphatic rings. The molecule has 1 heterocycles. The van der Waals surface area contributed by atoms with Gasteiger partial charge in [-0.2, -0.15) is 0 Å². The number of Topliss-reactive ketones (excluding diaryl/α,β-unsaturated/α-hetero) is 1. The van der Waals surface area contributed by atoms with Crippen molar-refractivity contribution in [3.63, 3.8) is 0 Å². The van der Waals surface area contributed by atoms with Gasteiger partial charge in [0.15, 0.2) is 5.78 Å². The number of hydrogen-bond acceptors (Lipinski definition) is 2. The number of rotatable bonds is 3. The predicted molar refractivity (Wildman–Crippen MR) is 73.2 cm³/mol. The summed E-state index contributed by atoms with van der Waals surface area (Å²) in [6.45, 7) is 9.38. The van der Waals surface area contributed by atoms with Crippen LogP contribution in [-0.4, -0.2) is 12.4 Å². The number of benzene rings is 1. The SMILES string of the molecule is CC(CC(=O)c1cccc2c1OCC2)C(C)(C)C. The van der Waals surface area contributed by atoms with E-state index in [1.807, 2.05) is 18.2 Å². The fraction of sp³-hybridized carbons (Fsp3) is 0.562. The highest BCUT2D eigenvalue weighted by molar-refractivity contribution is 5.99. The largest absolute Gasteiger partial charge is 0.492 e. The van der Waals surface area contributed by atoms with Crippen LogP contribution in [-0.2, 0) is 6.42 Å². The third-order valence-corrected chi connectivity index (χ3v) is 3.98. The van der Waals surface area contributed by atoms with E-state index in [-0.39, 0.29) is 11.2 Å². The van der Waals surface area contributed by atoms with Gasteiger partial charge in [-0.3, -0.25) is 4.79 Å². The summed E-state index contributed by atoms with van der Waals surface area (Å²) in [5, 5.41) is 0. The molecule has 98 valence electrons. The summed E-state index contributed by atoms with van der Waals surface area (Å²) in [4.78, 5) is 12.4. The number of ketones is 1. The van der Waals surface area contributed by atoms with Crippen LogP contribution in [0.2, 0.25) is 0 Å². The lowest BCUT2D eigenvalue weighted by Gasteiger charge is -2.26. The van der Waals surface area contributed by atoms with Crippen molar-refractivity contribution in [1.29, 1.82) is 0 Å². The molecule has 0 saturated carbocycles. The van der Waals surface area contributed by atoms with Crippen LogP contribution >= 0.6 is 0 Å². The van der Waals surface area contributed by atoms with Gasteiger partial charge in [-0.15, -0.1) is 0 Å². The number of carbonyl (C=O) groups excluding carboxylic acids is 1. The van der Waals surface area contributed by atoms with E-state index in [2.05, 4.69) is 27.7 Å². The van der Waals surface area contributed by atoms with Gasteiger partial charge in [-0.25, -0.2) is 0 Å². The average molecular weight is 246 g/mol. The molecule has 0 N–H and O–H groups in total. The molecule has 0 aromatic heterocycles. The minimum absolute atomic E-state index is 0.161. The van der Waals surface area contributed by atoms with Crippen molar-refractivity contribution < 1.29 is 9.53 Å². The molecule has 1 aliphatic heterocycles. The van der Waals surface area contributed by atoms with Gasteiger partial charge in [0.05, 0.1) is 12.2 Å². The van der Waals surface area contributed by atoms with Crippen molar-refractivity contribution >= 4 is 5.78 Å². The zero-order valence-corrected chi connectivity index (χ0v) is 11.7. The monoisotopic (exact) mass is 246 g/mol. The zero-order chi connectivity index (χ0) is 13.3. The Kier molecular flexibility index (Phi) is 3.47. The molecule has 0 amide bonds. The lowest BCUT2D eigenvalue weighted by atomic mass is 9.78. The maximum absolute atomic E-state index is 12.4. The second kappa shape index (κ2) is 4.75. The van der Waals surface area contributed by atoms with Gasteiger partial charge in [-0.05, 0) is 23.0 Å². The maximum atomic E-state index is 12.4. The Balaban J connectivity index is 2.18. The third kappa shape index (κ3) is 2.58. The van der Waals surface area contributed by atoms with Crippen LogP contribution in [0.1, 0.15) is 50.0 Å². The molecule has 0 radical (unpaired) electrons. The number of para-hydroxylation sites is 1. The molecule has 2 heteroatoms. The fourth-order valence-electron chi connectivity index (χ4n) is 2.13. The second-order valence-corrected chi connectivity index (χ2v) is 6.29. The molecule has 1 unspecified atom stereocenters. The van der Waals surface area contributed by atoms with Gasteiger partial charge in [-0.1, -0.05) is 39.8 Å². The Morgan fingerprint density at radius 3 is 2.78 bits per heavy atom. The topological polar surface area (TPSA) is 26.3 Å². The van der Waals surface area contributed by atoms with E-state index in [0.717, 1.165) is 17.7 Å². The van der Waals surface area contributed by atoms with Crippen molar-refractivity contribution in [1.82, 2.24) is 0 Å². The lowest BCUT2D eigenvalue weighted by Crippen LogP contribution is -2.20. The van der Waals surface area contributed by atoms with E-state index < -0.39 is 0 Å². The smallest absolute Gasteiger partial charge is 0.166 e. The van der Waals surface area contributed by atoms with E-state index >= 15 is 0 Å². The van der Waals surface area contributed by atoms with Crippen LogP contribution in [0, 0.1) is 11.3 Å². The molecule has 1 atom stereocenters. The van der Waals surface area contributed by atoms with Crippen molar-refractivity contribution in [3.05, 3.63) is 29.3 Å². The van der Waals surface area contributed by atoms with Gasteiger partial charge in [0.25, 0.3) is 0 Å². The Morgan fingerprint density at radius 1 is 1.39 bits per heavy atom. The van der Waals surface area contributed by atoms with Crippen molar-refractivity contribution in [2.24, 2.45) is 11.3 Å². The summed E-state index contributed by atoms with van der Waals surface area (Å²) in [6.07, 6.45) is 1.51. The minimum atomic E-state index is 0.161. The molecular weight excluding hydrogens is 224 g/mol. The Labute approximate surface area is 109 Å². The van der Waals surface area contributed by atoms with Gasteiger partial charge >= 0.3 is 0 Å². The first-order valence-corrected chi connectivity index (χ1v) is 6.67. The molecule has 1 aromatic rings. The van der Waals surface area contributed by atoms with Crippen LogP contribution in [0.4, 0.5) is 0 Å². The summed E-state index contributed by atoms with van der Waals surface area (Å²) in [6, 6.07) is 5.90. The summed E-state index contributed by atoms with van der Waals surface area (Å²) >= 11 is 0. The molecule has 0 fully saturated rings. The van der Waals surface area contributed by atoms with Crippen LogP contribution in [0.15, 0.2) is 18.2 Å². The van der Waals surface area contributed by atoms with Gasteiger partial charge in [0.1, 0.15) is 5.75 Å². The number of fused-ring (bicyclic) bond motifs is 1. The first-order chi connectivity index (χ1) is 8.39. The summed E-state index contributed by atoms with van der Waals surface area (Å²) in [7, 11) is 0. The highest BCUT2D eigenvalue weighted by Crippen LogP contribution is 2.33. The van der Waals surface area contributed by atoms with E-state index in [4.69, 9.17) is 4.74 Å².